The van der Waals surface area contributed by atoms with Gasteiger partial charge in [0.25, 0.3) is 0 Å². The number of carbonyl (C=O) groups excluding carboxylic acids is 2. The molecule has 0 saturated carbocycles. The Bertz CT molecular complexity index is 963. The molecule has 0 bridgehead atoms. The summed E-state index contributed by atoms with van der Waals surface area (Å²) in [4.78, 5) is 23.9. The highest BCUT2D eigenvalue weighted by Crippen LogP contribution is 2.33. The summed E-state index contributed by atoms with van der Waals surface area (Å²) in [7, 11) is 0. The van der Waals surface area contributed by atoms with E-state index in [1.807, 2.05) is 36.4 Å². The van der Waals surface area contributed by atoms with Crippen LogP contribution in [0.15, 0.2) is 48.6 Å². The van der Waals surface area contributed by atoms with E-state index in [1.165, 1.54) is 12.2 Å². The van der Waals surface area contributed by atoms with Crippen molar-refractivity contribution < 1.29 is 28.5 Å². The molecule has 2 amide bonds. The van der Waals surface area contributed by atoms with Gasteiger partial charge in [-0.3, -0.25) is 9.59 Å². The molecule has 0 unspecified atom stereocenters. The summed E-state index contributed by atoms with van der Waals surface area (Å²) >= 11 is 0. The van der Waals surface area contributed by atoms with Crippen LogP contribution < -0.4 is 29.6 Å². The first-order valence-corrected chi connectivity index (χ1v) is 10.4. The van der Waals surface area contributed by atoms with Gasteiger partial charge in [-0.25, -0.2) is 0 Å². The molecule has 8 nitrogen and oxygen atoms in total. The predicted molar refractivity (Wildman–Crippen MR) is 118 cm³/mol. The van der Waals surface area contributed by atoms with Crippen molar-refractivity contribution >= 4 is 24.0 Å². The lowest BCUT2D eigenvalue weighted by Crippen LogP contribution is -2.25. The number of ether oxygens (including phenoxy) is 4. The molecule has 0 fully saturated rings. The van der Waals surface area contributed by atoms with E-state index in [4.69, 9.17) is 18.9 Å². The summed E-state index contributed by atoms with van der Waals surface area (Å²) in [5.74, 6) is 2.45. The predicted octanol–water partition coefficient (Wildman–Crippen LogP) is 2.88. The van der Waals surface area contributed by atoms with Crippen molar-refractivity contribution in [3.63, 3.8) is 0 Å². The van der Waals surface area contributed by atoms with E-state index >= 15 is 0 Å². The van der Waals surface area contributed by atoms with E-state index in [1.54, 1.807) is 12.2 Å². The Morgan fingerprint density at radius 2 is 1.12 bits per heavy atom. The van der Waals surface area contributed by atoms with Gasteiger partial charge in [0, 0.05) is 25.2 Å². The van der Waals surface area contributed by atoms with Crippen LogP contribution in [0.5, 0.6) is 23.0 Å². The maximum atomic E-state index is 11.9. The monoisotopic (exact) mass is 436 g/mol. The fourth-order valence-corrected chi connectivity index (χ4v) is 3.17. The van der Waals surface area contributed by atoms with Crippen LogP contribution in [-0.4, -0.2) is 38.5 Å². The van der Waals surface area contributed by atoms with Gasteiger partial charge >= 0.3 is 0 Å². The normalized spacial score (nSPS) is 13.6. The highest BCUT2D eigenvalue weighted by Gasteiger charge is 2.13. The lowest BCUT2D eigenvalue weighted by atomic mass is 10.2. The number of benzene rings is 2. The quantitative estimate of drug-likeness (QED) is 0.464. The third-order valence-electron chi connectivity index (χ3n) is 4.85. The van der Waals surface area contributed by atoms with Gasteiger partial charge in [-0.2, -0.15) is 0 Å². The number of amides is 2. The van der Waals surface area contributed by atoms with Gasteiger partial charge < -0.3 is 29.6 Å². The van der Waals surface area contributed by atoms with Crippen LogP contribution in [0.2, 0.25) is 0 Å². The fourth-order valence-electron chi connectivity index (χ4n) is 3.17. The number of hydrogen-bond acceptors (Lipinski definition) is 6. The molecule has 2 aliphatic heterocycles. The number of hydrogen-bond donors (Lipinski definition) is 2. The van der Waals surface area contributed by atoms with Gasteiger partial charge in [0.05, 0.1) is 0 Å². The Morgan fingerprint density at radius 3 is 1.59 bits per heavy atom. The minimum atomic E-state index is -0.168. The fraction of sp³-hybridized carbons (Fsp3) is 0.250. The molecule has 2 aromatic rings. The lowest BCUT2D eigenvalue weighted by molar-refractivity contribution is -0.117. The number of nitrogens with one attached hydrogen (secondary N) is 2. The summed E-state index contributed by atoms with van der Waals surface area (Å²) < 4.78 is 21.2. The standard InChI is InChI=1S/C24H24N2O6/c27-23(9-5-17-3-7-19-21(13-17)31-15-29-19)25-11-1-2-12-26-24(28)10-6-18-4-8-20-22(14-18)32-16-30-20/h3-10,13-14H,1-2,11-12,15-16H2,(H,25,27)(H,26,28)/b9-5-,10-6+. The van der Waals surface area contributed by atoms with Crippen molar-refractivity contribution in [1.29, 1.82) is 0 Å². The molecule has 4 rings (SSSR count). The van der Waals surface area contributed by atoms with E-state index in [2.05, 4.69) is 10.6 Å². The molecule has 0 aromatic heterocycles. The molecule has 8 heteroatoms. The van der Waals surface area contributed by atoms with Crippen molar-refractivity contribution in [2.75, 3.05) is 26.7 Å². The molecule has 166 valence electrons. The van der Waals surface area contributed by atoms with Gasteiger partial charge in [-0.05, 0) is 60.4 Å². The third kappa shape index (κ3) is 5.81. The van der Waals surface area contributed by atoms with Gasteiger partial charge in [0.2, 0.25) is 25.4 Å². The summed E-state index contributed by atoms with van der Waals surface area (Å²) in [6.45, 7) is 1.51. The van der Waals surface area contributed by atoms with Crippen molar-refractivity contribution in [3.05, 3.63) is 59.7 Å². The van der Waals surface area contributed by atoms with Gasteiger partial charge in [0.1, 0.15) is 0 Å². The molecule has 0 saturated heterocycles. The molecule has 0 aliphatic carbocycles. The summed E-state index contributed by atoms with van der Waals surface area (Å²) in [6.07, 6.45) is 7.94. The number of unbranched alkanes of at least 4 members (excludes halogenated alkanes) is 1. The van der Waals surface area contributed by atoms with E-state index in [0.29, 0.717) is 36.1 Å². The summed E-state index contributed by atoms with van der Waals surface area (Å²) in [5, 5.41) is 5.66. The van der Waals surface area contributed by atoms with Crippen LogP contribution in [0.3, 0.4) is 0 Å². The maximum Gasteiger partial charge on any atom is 0.243 e. The van der Waals surface area contributed by atoms with Crippen LogP contribution in [-0.2, 0) is 9.59 Å². The first-order valence-electron chi connectivity index (χ1n) is 10.4. The first kappa shape index (κ1) is 21.3. The molecular formula is C24H24N2O6. The van der Waals surface area contributed by atoms with E-state index < -0.39 is 0 Å². The lowest BCUT2D eigenvalue weighted by Gasteiger charge is -2.04. The molecule has 2 aromatic carbocycles. The van der Waals surface area contributed by atoms with Gasteiger partial charge in [-0.1, -0.05) is 12.1 Å². The molecule has 2 N–H and O–H groups in total. The maximum absolute atomic E-state index is 11.9. The molecule has 0 radical (unpaired) electrons. The van der Waals surface area contributed by atoms with Crippen LogP contribution >= 0.6 is 0 Å². The van der Waals surface area contributed by atoms with Gasteiger partial charge in [-0.15, -0.1) is 0 Å². The topological polar surface area (TPSA) is 95.1 Å². The minimum absolute atomic E-state index is 0.168. The van der Waals surface area contributed by atoms with Crippen LogP contribution in [0.1, 0.15) is 24.0 Å². The highest BCUT2D eigenvalue weighted by atomic mass is 16.7. The second-order valence-corrected chi connectivity index (χ2v) is 7.18. The van der Waals surface area contributed by atoms with E-state index in [9.17, 15) is 9.59 Å². The molecule has 0 spiro atoms. The molecule has 2 heterocycles. The summed E-state index contributed by atoms with van der Waals surface area (Å²) in [6, 6.07) is 11.0. The second kappa shape index (κ2) is 10.4. The Kier molecular flexibility index (Phi) is 6.91. The van der Waals surface area contributed by atoms with Crippen molar-refractivity contribution in [2.45, 2.75) is 12.8 Å². The van der Waals surface area contributed by atoms with Gasteiger partial charge in [0.15, 0.2) is 23.0 Å². The number of fused-ring (bicyclic) bond motifs is 2. The SMILES string of the molecule is O=C(/C=C\c1ccc2c(c1)OCO2)NCCCCNC(=O)/C=C/c1ccc2c(c1)OCO2. The van der Waals surface area contributed by atoms with Crippen molar-refractivity contribution in [3.8, 4) is 23.0 Å². The second-order valence-electron chi connectivity index (χ2n) is 7.18. The zero-order valence-electron chi connectivity index (χ0n) is 17.5. The molecular weight excluding hydrogens is 412 g/mol. The van der Waals surface area contributed by atoms with Crippen molar-refractivity contribution in [2.24, 2.45) is 0 Å². The number of rotatable bonds is 9. The van der Waals surface area contributed by atoms with Crippen LogP contribution in [0.25, 0.3) is 12.2 Å². The summed E-state index contributed by atoms with van der Waals surface area (Å²) in [5.41, 5.74) is 1.72. The first-order chi connectivity index (χ1) is 15.7. The smallest absolute Gasteiger partial charge is 0.243 e. The number of carbonyl (C=O) groups is 2. The van der Waals surface area contributed by atoms with Crippen LogP contribution in [0.4, 0.5) is 0 Å². The molecule has 32 heavy (non-hydrogen) atoms. The average molecular weight is 436 g/mol. The zero-order valence-corrected chi connectivity index (χ0v) is 17.5. The average Bonchev–Trinajstić information content (AvgIpc) is 3.47. The third-order valence-corrected chi connectivity index (χ3v) is 4.85. The largest absolute Gasteiger partial charge is 0.454 e. The minimum Gasteiger partial charge on any atom is -0.454 e. The Balaban J connectivity index is 1.09. The van der Waals surface area contributed by atoms with Crippen molar-refractivity contribution in [1.82, 2.24) is 10.6 Å². The van der Waals surface area contributed by atoms with E-state index in [0.717, 1.165) is 24.0 Å². The Morgan fingerprint density at radius 1 is 0.688 bits per heavy atom. The molecule has 2 aliphatic rings. The Labute approximate surface area is 185 Å². The highest BCUT2D eigenvalue weighted by molar-refractivity contribution is 5.92. The van der Waals surface area contributed by atoms with Crippen LogP contribution in [0, 0.1) is 0 Å². The Hall–Kier alpha value is -3.94. The van der Waals surface area contributed by atoms with E-state index in [-0.39, 0.29) is 25.4 Å². The zero-order chi connectivity index (χ0) is 22.2. The molecule has 0 atom stereocenters.